The van der Waals surface area contributed by atoms with E-state index in [2.05, 4.69) is 34.7 Å². The molecule has 0 bridgehead atoms. The van der Waals surface area contributed by atoms with Gasteiger partial charge >= 0.3 is 0 Å². The number of hydrogen-bond acceptors (Lipinski definition) is 2. The van der Waals surface area contributed by atoms with E-state index in [9.17, 15) is 4.79 Å². The number of nitrogens with zero attached hydrogens (tertiary/aromatic N) is 2. The maximum Gasteiger partial charge on any atom is 0.276 e. The molecule has 0 spiro atoms. The van der Waals surface area contributed by atoms with Gasteiger partial charge in [-0.1, -0.05) is 78.3 Å². The Morgan fingerprint density at radius 1 is 0.806 bits per heavy atom. The molecule has 5 rings (SSSR count). The summed E-state index contributed by atoms with van der Waals surface area (Å²) in [5.74, 6) is -0.293. The number of fused-ring (bicyclic) bond motifs is 1. The first-order valence-corrected chi connectivity index (χ1v) is 10.3. The number of amides is 1. The van der Waals surface area contributed by atoms with Gasteiger partial charge in [-0.15, -0.1) is 0 Å². The molecule has 4 nitrogen and oxygen atoms in total. The fourth-order valence-electron chi connectivity index (χ4n) is 3.66. The Labute approximate surface area is 184 Å². The summed E-state index contributed by atoms with van der Waals surface area (Å²) in [5, 5.41) is 10.3. The van der Waals surface area contributed by atoms with Crippen LogP contribution in [0.1, 0.15) is 10.5 Å². The van der Waals surface area contributed by atoms with Gasteiger partial charge in [-0.3, -0.25) is 4.79 Å². The van der Waals surface area contributed by atoms with E-state index in [1.165, 1.54) is 0 Å². The molecule has 1 N–H and O–H groups in total. The fraction of sp³-hybridized carbons (Fsp3) is 0. The van der Waals surface area contributed by atoms with Crippen molar-refractivity contribution in [3.05, 3.63) is 114 Å². The maximum absolute atomic E-state index is 13.0. The highest BCUT2D eigenvalue weighted by Gasteiger charge is 2.18. The topological polar surface area (TPSA) is 46.9 Å². The van der Waals surface area contributed by atoms with Gasteiger partial charge in [-0.05, 0) is 47.2 Å². The van der Waals surface area contributed by atoms with Crippen molar-refractivity contribution in [2.75, 3.05) is 5.32 Å². The summed E-state index contributed by atoms with van der Waals surface area (Å²) in [6, 6.07) is 33.0. The molecule has 150 valence electrons. The Morgan fingerprint density at radius 2 is 1.55 bits per heavy atom. The minimum Gasteiger partial charge on any atom is -0.321 e. The van der Waals surface area contributed by atoms with Crippen molar-refractivity contribution in [1.29, 1.82) is 0 Å². The van der Waals surface area contributed by atoms with Crippen LogP contribution in [-0.2, 0) is 0 Å². The summed E-state index contributed by atoms with van der Waals surface area (Å²) in [6.07, 6.45) is 0. The minimum atomic E-state index is -0.293. The Morgan fingerprint density at radius 3 is 2.39 bits per heavy atom. The van der Waals surface area contributed by atoms with E-state index in [-0.39, 0.29) is 5.91 Å². The molecule has 1 heterocycles. The van der Waals surface area contributed by atoms with Crippen molar-refractivity contribution in [3.63, 3.8) is 0 Å². The van der Waals surface area contributed by atoms with Gasteiger partial charge in [0.15, 0.2) is 5.69 Å². The van der Waals surface area contributed by atoms with E-state index in [4.69, 9.17) is 11.6 Å². The second-order valence-corrected chi connectivity index (χ2v) is 7.59. The number of rotatable bonds is 4. The molecule has 0 aliphatic rings. The first kappa shape index (κ1) is 19.1. The standard InChI is InChI=1S/C26H18ClN3O/c27-19-10-7-11-20(16-19)28-26(31)24-17-25(30(29-24)21-12-2-1-3-13-21)23-15-6-9-18-8-4-5-14-22(18)23/h1-17H,(H,28,31). The molecule has 5 heteroatoms. The van der Waals surface area contributed by atoms with Crippen LogP contribution in [0.3, 0.4) is 0 Å². The lowest BCUT2D eigenvalue weighted by Gasteiger charge is -2.10. The number of para-hydroxylation sites is 1. The molecule has 1 aromatic heterocycles. The van der Waals surface area contributed by atoms with Crippen LogP contribution in [0, 0.1) is 0 Å². The molecule has 0 aliphatic carbocycles. The van der Waals surface area contributed by atoms with Crippen molar-refractivity contribution in [2.45, 2.75) is 0 Å². The molecule has 5 aromatic rings. The normalized spacial score (nSPS) is 10.9. The Hall–Kier alpha value is -3.89. The van der Waals surface area contributed by atoms with Crippen LogP contribution in [-0.4, -0.2) is 15.7 Å². The Balaban J connectivity index is 1.64. The van der Waals surface area contributed by atoms with Crippen molar-refractivity contribution in [3.8, 4) is 16.9 Å². The van der Waals surface area contributed by atoms with Gasteiger partial charge in [-0.2, -0.15) is 5.10 Å². The fourth-order valence-corrected chi connectivity index (χ4v) is 3.85. The molecular weight excluding hydrogens is 406 g/mol. The smallest absolute Gasteiger partial charge is 0.276 e. The quantitative estimate of drug-likeness (QED) is 0.354. The lowest BCUT2D eigenvalue weighted by Crippen LogP contribution is -2.13. The van der Waals surface area contributed by atoms with Crippen LogP contribution in [0.25, 0.3) is 27.7 Å². The van der Waals surface area contributed by atoms with Crippen LogP contribution in [0.4, 0.5) is 5.69 Å². The van der Waals surface area contributed by atoms with Crippen molar-refractivity contribution < 1.29 is 4.79 Å². The number of benzene rings is 4. The molecule has 0 saturated heterocycles. The number of halogens is 1. The highest BCUT2D eigenvalue weighted by Crippen LogP contribution is 2.31. The Bertz CT molecular complexity index is 1390. The lowest BCUT2D eigenvalue weighted by atomic mass is 10.0. The summed E-state index contributed by atoms with van der Waals surface area (Å²) in [4.78, 5) is 13.0. The van der Waals surface area contributed by atoms with Crippen LogP contribution >= 0.6 is 11.6 Å². The highest BCUT2D eigenvalue weighted by molar-refractivity contribution is 6.31. The van der Waals surface area contributed by atoms with Gasteiger partial charge in [0.1, 0.15) is 0 Å². The van der Waals surface area contributed by atoms with Crippen LogP contribution < -0.4 is 5.32 Å². The summed E-state index contributed by atoms with van der Waals surface area (Å²) in [5.41, 5.74) is 3.69. The van der Waals surface area contributed by atoms with E-state index in [1.807, 2.05) is 59.3 Å². The maximum atomic E-state index is 13.0. The summed E-state index contributed by atoms with van der Waals surface area (Å²) in [6.45, 7) is 0. The van der Waals surface area contributed by atoms with Gasteiger partial charge in [0.05, 0.1) is 11.4 Å². The van der Waals surface area contributed by atoms with E-state index >= 15 is 0 Å². The molecule has 0 radical (unpaired) electrons. The SMILES string of the molecule is O=C(Nc1cccc(Cl)c1)c1cc(-c2cccc3ccccc23)n(-c2ccccc2)n1. The zero-order chi connectivity index (χ0) is 21.2. The molecule has 0 fully saturated rings. The van der Waals surface area contributed by atoms with E-state index < -0.39 is 0 Å². The van der Waals surface area contributed by atoms with Crippen molar-refractivity contribution >= 4 is 34.0 Å². The van der Waals surface area contributed by atoms with Crippen molar-refractivity contribution in [1.82, 2.24) is 9.78 Å². The second kappa shape index (κ2) is 8.09. The molecule has 0 saturated carbocycles. The Kier molecular flexibility index (Phi) is 4.98. The van der Waals surface area contributed by atoms with E-state index in [0.717, 1.165) is 27.7 Å². The third-order valence-electron chi connectivity index (χ3n) is 5.09. The van der Waals surface area contributed by atoms with Crippen LogP contribution in [0.5, 0.6) is 0 Å². The van der Waals surface area contributed by atoms with Gasteiger partial charge < -0.3 is 5.32 Å². The average Bonchev–Trinajstić information content (AvgIpc) is 3.25. The summed E-state index contributed by atoms with van der Waals surface area (Å²) < 4.78 is 1.81. The number of hydrogen-bond donors (Lipinski definition) is 1. The lowest BCUT2D eigenvalue weighted by molar-refractivity contribution is 0.102. The molecular formula is C26H18ClN3O. The number of nitrogens with one attached hydrogen (secondary N) is 1. The second-order valence-electron chi connectivity index (χ2n) is 7.15. The van der Waals surface area contributed by atoms with Crippen LogP contribution in [0.15, 0.2) is 103 Å². The summed E-state index contributed by atoms with van der Waals surface area (Å²) >= 11 is 6.05. The summed E-state index contributed by atoms with van der Waals surface area (Å²) in [7, 11) is 0. The first-order chi connectivity index (χ1) is 15.2. The number of carbonyl (C=O) groups is 1. The number of carbonyl (C=O) groups excluding carboxylic acids is 1. The minimum absolute atomic E-state index is 0.293. The average molecular weight is 424 g/mol. The monoisotopic (exact) mass is 423 g/mol. The molecule has 1 amide bonds. The predicted molar refractivity (Wildman–Crippen MR) is 126 cm³/mol. The van der Waals surface area contributed by atoms with E-state index in [0.29, 0.717) is 16.4 Å². The molecule has 0 atom stereocenters. The number of anilines is 1. The molecule has 0 aliphatic heterocycles. The van der Waals surface area contributed by atoms with Crippen molar-refractivity contribution in [2.24, 2.45) is 0 Å². The number of aromatic nitrogens is 2. The van der Waals surface area contributed by atoms with Crippen LogP contribution in [0.2, 0.25) is 5.02 Å². The first-order valence-electron chi connectivity index (χ1n) is 9.89. The largest absolute Gasteiger partial charge is 0.321 e. The molecule has 31 heavy (non-hydrogen) atoms. The molecule has 4 aromatic carbocycles. The predicted octanol–water partition coefficient (Wildman–Crippen LogP) is 6.60. The zero-order valence-corrected chi connectivity index (χ0v) is 17.3. The van der Waals surface area contributed by atoms with Gasteiger partial charge in [0.2, 0.25) is 0 Å². The highest BCUT2D eigenvalue weighted by atomic mass is 35.5. The third-order valence-corrected chi connectivity index (χ3v) is 5.33. The van der Waals surface area contributed by atoms with E-state index in [1.54, 1.807) is 24.3 Å². The van der Waals surface area contributed by atoms with Gasteiger partial charge in [0.25, 0.3) is 5.91 Å². The van der Waals surface area contributed by atoms with Gasteiger partial charge in [0, 0.05) is 16.3 Å². The van der Waals surface area contributed by atoms with Gasteiger partial charge in [-0.25, -0.2) is 4.68 Å². The zero-order valence-electron chi connectivity index (χ0n) is 16.5. The molecule has 0 unspecified atom stereocenters. The third kappa shape index (κ3) is 3.81.